The average Bonchev–Trinajstić information content (AvgIpc) is 2.26. The van der Waals surface area contributed by atoms with Crippen LogP contribution in [0.15, 0.2) is 0 Å². The zero-order valence-corrected chi connectivity index (χ0v) is 11.6. The van der Waals surface area contributed by atoms with E-state index in [4.69, 9.17) is 9.47 Å². The van der Waals surface area contributed by atoms with Crippen molar-refractivity contribution in [3.05, 3.63) is 0 Å². The van der Waals surface area contributed by atoms with Crippen molar-refractivity contribution >= 4 is 5.97 Å². The predicted molar refractivity (Wildman–Crippen MR) is 69.0 cm³/mol. The van der Waals surface area contributed by atoms with Crippen molar-refractivity contribution in [2.24, 2.45) is 5.92 Å². The normalized spacial score (nSPS) is 12.8. The summed E-state index contributed by atoms with van der Waals surface area (Å²) in [5, 5.41) is 3.37. The summed E-state index contributed by atoms with van der Waals surface area (Å²) in [5.74, 6) is 0.458. The molecule has 0 spiro atoms. The number of nitrogens with one attached hydrogen (secondary N) is 1. The molecule has 102 valence electrons. The molecule has 4 nitrogen and oxygen atoms in total. The first kappa shape index (κ1) is 16.4. The lowest BCUT2D eigenvalue weighted by molar-refractivity contribution is -0.148. The van der Waals surface area contributed by atoms with Crippen molar-refractivity contribution in [3.8, 4) is 0 Å². The van der Waals surface area contributed by atoms with Gasteiger partial charge in [-0.05, 0) is 32.6 Å². The van der Waals surface area contributed by atoms with Crippen LogP contribution in [0, 0.1) is 5.92 Å². The number of rotatable bonds is 10. The number of ether oxygens (including phenoxy) is 2. The van der Waals surface area contributed by atoms with Crippen LogP contribution in [0.1, 0.15) is 40.5 Å². The molecule has 0 radical (unpaired) electrons. The van der Waals surface area contributed by atoms with Crippen LogP contribution < -0.4 is 5.32 Å². The number of esters is 1. The Morgan fingerprint density at radius 1 is 1.24 bits per heavy atom. The van der Waals surface area contributed by atoms with E-state index in [0.29, 0.717) is 19.3 Å². The van der Waals surface area contributed by atoms with E-state index in [1.165, 1.54) is 12.8 Å². The molecule has 1 N–H and O–H groups in total. The van der Waals surface area contributed by atoms with Crippen LogP contribution in [0.2, 0.25) is 0 Å². The molecule has 0 rings (SSSR count). The second-order valence-corrected chi connectivity index (χ2v) is 4.68. The molecule has 0 aromatic carbocycles. The molecule has 0 aliphatic carbocycles. The van der Waals surface area contributed by atoms with Gasteiger partial charge in [-0.2, -0.15) is 0 Å². The summed E-state index contributed by atoms with van der Waals surface area (Å²) in [5.41, 5.74) is 0. The van der Waals surface area contributed by atoms with Gasteiger partial charge in [-0.25, -0.2) is 4.79 Å². The zero-order chi connectivity index (χ0) is 13.1. The van der Waals surface area contributed by atoms with Gasteiger partial charge in [0.05, 0.1) is 13.2 Å². The van der Waals surface area contributed by atoms with Crippen LogP contribution in [-0.2, 0) is 14.3 Å². The Kier molecular flexibility index (Phi) is 10.2. The van der Waals surface area contributed by atoms with Gasteiger partial charge < -0.3 is 14.8 Å². The quantitative estimate of drug-likeness (QED) is 0.472. The van der Waals surface area contributed by atoms with E-state index in [1.54, 1.807) is 6.92 Å². The number of hydrogen-bond acceptors (Lipinski definition) is 4. The summed E-state index contributed by atoms with van der Waals surface area (Å²) in [6.45, 7) is 10.2. The van der Waals surface area contributed by atoms with Gasteiger partial charge in [0.1, 0.15) is 6.61 Å². The van der Waals surface area contributed by atoms with E-state index < -0.39 is 0 Å². The van der Waals surface area contributed by atoms with Crippen molar-refractivity contribution in [2.75, 3.05) is 26.4 Å². The molecule has 1 unspecified atom stereocenters. The van der Waals surface area contributed by atoms with E-state index in [-0.39, 0.29) is 12.6 Å². The third-order valence-corrected chi connectivity index (χ3v) is 2.44. The van der Waals surface area contributed by atoms with Gasteiger partial charge in [0.2, 0.25) is 0 Å². The van der Waals surface area contributed by atoms with Gasteiger partial charge in [0.25, 0.3) is 0 Å². The van der Waals surface area contributed by atoms with Gasteiger partial charge in [0, 0.05) is 12.6 Å². The fraction of sp³-hybridized carbons (Fsp3) is 0.923. The highest BCUT2D eigenvalue weighted by atomic mass is 16.6. The van der Waals surface area contributed by atoms with E-state index >= 15 is 0 Å². The summed E-state index contributed by atoms with van der Waals surface area (Å²) in [7, 11) is 0. The van der Waals surface area contributed by atoms with Gasteiger partial charge in [-0.1, -0.05) is 13.8 Å². The van der Waals surface area contributed by atoms with Crippen LogP contribution in [0.5, 0.6) is 0 Å². The van der Waals surface area contributed by atoms with Crippen molar-refractivity contribution in [1.29, 1.82) is 0 Å². The van der Waals surface area contributed by atoms with Gasteiger partial charge in [-0.3, -0.25) is 0 Å². The van der Waals surface area contributed by atoms with Gasteiger partial charge in [0.15, 0.2) is 0 Å². The summed E-state index contributed by atoms with van der Waals surface area (Å²) in [4.78, 5) is 10.9. The summed E-state index contributed by atoms with van der Waals surface area (Å²) in [6.07, 6.45) is 2.41. The Morgan fingerprint density at radius 2 is 1.94 bits per heavy atom. The summed E-state index contributed by atoms with van der Waals surface area (Å²) in [6, 6.07) is 0.503. The minimum Gasteiger partial charge on any atom is -0.464 e. The molecule has 0 fully saturated rings. The molecule has 0 aliphatic heterocycles. The standard InChI is InChI=1S/C13H27NO3/c1-5-17-13(15)10-16-9-8-14-12(4)7-6-11(2)3/h11-12,14H,5-10H2,1-4H3. The molecule has 0 aromatic heterocycles. The van der Waals surface area contributed by atoms with Crippen molar-refractivity contribution < 1.29 is 14.3 Å². The molecule has 0 saturated heterocycles. The molecule has 0 bridgehead atoms. The average molecular weight is 245 g/mol. The van der Waals surface area contributed by atoms with Gasteiger partial charge in [-0.15, -0.1) is 0 Å². The molecular formula is C13H27NO3. The molecule has 0 aromatic rings. The van der Waals surface area contributed by atoms with Crippen molar-refractivity contribution in [3.63, 3.8) is 0 Å². The Morgan fingerprint density at radius 3 is 2.53 bits per heavy atom. The minimum absolute atomic E-state index is 0.0515. The highest BCUT2D eigenvalue weighted by Crippen LogP contribution is 2.05. The van der Waals surface area contributed by atoms with Crippen molar-refractivity contribution in [1.82, 2.24) is 5.32 Å². The van der Waals surface area contributed by atoms with E-state index in [1.807, 2.05) is 0 Å². The van der Waals surface area contributed by atoms with Crippen LogP contribution >= 0.6 is 0 Å². The summed E-state index contributed by atoms with van der Waals surface area (Å²) >= 11 is 0. The maximum Gasteiger partial charge on any atom is 0.332 e. The Balaban J connectivity index is 3.30. The maximum absolute atomic E-state index is 10.9. The van der Waals surface area contributed by atoms with Crippen molar-refractivity contribution in [2.45, 2.75) is 46.6 Å². The fourth-order valence-electron chi connectivity index (χ4n) is 1.42. The topological polar surface area (TPSA) is 47.6 Å². The molecule has 0 aliphatic rings. The second kappa shape index (κ2) is 10.5. The smallest absolute Gasteiger partial charge is 0.332 e. The van der Waals surface area contributed by atoms with Crippen LogP contribution in [0.25, 0.3) is 0 Å². The largest absolute Gasteiger partial charge is 0.464 e. The highest BCUT2D eigenvalue weighted by Gasteiger charge is 2.04. The zero-order valence-electron chi connectivity index (χ0n) is 11.6. The molecule has 0 saturated carbocycles. The SMILES string of the molecule is CCOC(=O)COCCNC(C)CCC(C)C. The number of hydrogen-bond donors (Lipinski definition) is 1. The van der Waals surface area contributed by atoms with Crippen LogP contribution in [0.3, 0.4) is 0 Å². The van der Waals surface area contributed by atoms with E-state index in [9.17, 15) is 4.79 Å². The lowest BCUT2D eigenvalue weighted by Gasteiger charge is -2.14. The minimum atomic E-state index is -0.291. The van der Waals surface area contributed by atoms with E-state index in [0.717, 1.165) is 12.5 Å². The first-order chi connectivity index (χ1) is 8.06. The van der Waals surface area contributed by atoms with Gasteiger partial charge >= 0.3 is 5.97 Å². The maximum atomic E-state index is 10.9. The monoisotopic (exact) mass is 245 g/mol. The third kappa shape index (κ3) is 11.6. The predicted octanol–water partition coefficient (Wildman–Crippen LogP) is 1.98. The Hall–Kier alpha value is -0.610. The Bertz CT molecular complexity index is 195. The number of carbonyl (C=O) groups excluding carboxylic acids is 1. The fourth-order valence-corrected chi connectivity index (χ4v) is 1.42. The van der Waals surface area contributed by atoms with E-state index in [2.05, 4.69) is 26.1 Å². The second-order valence-electron chi connectivity index (χ2n) is 4.68. The first-order valence-corrected chi connectivity index (χ1v) is 6.53. The molecule has 0 heterocycles. The lowest BCUT2D eigenvalue weighted by Crippen LogP contribution is -2.30. The molecule has 17 heavy (non-hydrogen) atoms. The van der Waals surface area contributed by atoms with Crippen LogP contribution in [-0.4, -0.2) is 38.4 Å². The summed E-state index contributed by atoms with van der Waals surface area (Å²) < 4.78 is 9.94. The Labute approximate surface area is 105 Å². The lowest BCUT2D eigenvalue weighted by atomic mass is 10.0. The third-order valence-electron chi connectivity index (χ3n) is 2.44. The first-order valence-electron chi connectivity index (χ1n) is 6.53. The molecule has 4 heteroatoms. The highest BCUT2D eigenvalue weighted by molar-refractivity contribution is 5.70. The molecular weight excluding hydrogens is 218 g/mol. The number of carbonyl (C=O) groups is 1. The molecule has 0 amide bonds. The van der Waals surface area contributed by atoms with Crippen LogP contribution in [0.4, 0.5) is 0 Å². The molecule has 1 atom stereocenters.